The van der Waals surface area contributed by atoms with Gasteiger partial charge >= 0.3 is 0 Å². The smallest absolute Gasteiger partial charge is 0.251 e. The standard InChI is InChI=1S/C20H19Cl2N5O2S/c1-12-5-3-4-6-16(12)19(29)23-10-17-25-26-20(27(17)2)30-11-18(28)24-15-8-13(21)7-14(22)9-15/h3-9H,10-11H2,1-2H3,(H,23,29)(H,24,28). The molecular formula is C20H19Cl2N5O2S. The molecule has 0 saturated heterocycles. The highest BCUT2D eigenvalue weighted by atomic mass is 35.5. The topological polar surface area (TPSA) is 88.9 Å². The van der Waals surface area contributed by atoms with Crippen LogP contribution in [-0.4, -0.2) is 32.3 Å². The molecule has 2 amide bonds. The number of anilines is 1. The fraction of sp³-hybridized carbons (Fsp3) is 0.200. The molecule has 3 rings (SSSR count). The maximum atomic E-state index is 12.3. The Morgan fingerprint density at radius 3 is 2.50 bits per heavy atom. The molecule has 7 nitrogen and oxygen atoms in total. The number of halogens is 2. The number of carbonyl (C=O) groups excluding carboxylic acids is 2. The van der Waals surface area contributed by atoms with Crippen LogP contribution in [0.4, 0.5) is 5.69 Å². The average molecular weight is 464 g/mol. The minimum atomic E-state index is -0.226. The molecule has 1 aromatic heterocycles. The van der Waals surface area contributed by atoms with Gasteiger partial charge in [0, 0.05) is 28.3 Å². The van der Waals surface area contributed by atoms with Crippen molar-refractivity contribution in [2.24, 2.45) is 7.05 Å². The van der Waals surface area contributed by atoms with Crippen molar-refractivity contribution < 1.29 is 9.59 Å². The Morgan fingerprint density at radius 1 is 1.10 bits per heavy atom. The van der Waals surface area contributed by atoms with Crippen molar-refractivity contribution in [3.05, 3.63) is 69.5 Å². The number of hydrogen-bond acceptors (Lipinski definition) is 5. The summed E-state index contributed by atoms with van der Waals surface area (Å²) in [6.07, 6.45) is 0. The van der Waals surface area contributed by atoms with Gasteiger partial charge in [-0.3, -0.25) is 9.59 Å². The van der Waals surface area contributed by atoms with Gasteiger partial charge in [0.25, 0.3) is 5.91 Å². The number of benzene rings is 2. The molecule has 0 atom stereocenters. The highest BCUT2D eigenvalue weighted by Crippen LogP contribution is 2.23. The van der Waals surface area contributed by atoms with Crippen LogP contribution in [0.2, 0.25) is 10.0 Å². The van der Waals surface area contributed by atoms with Gasteiger partial charge in [-0.1, -0.05) is 53.2 Å². The van der Waals surface area contributed by atoms with Crippen LogP contribution in [0.3, 0.4) is 0 Å². The Bertz CT molecular complexity index is 1070. The van der Waals surface area contributed by atoms with Crippen molar-refractivity contribution >= 4 is 52.5 Å². The van der Waals surface area contributed by atoms with Gasteiger partial charge in [0.15, 0.2) is 11.0 Å². The first-order valence-corrected chi connectivity index (χ1v) is 10.7. The number of thioether (sulfide) groups is 1. The molecule has 0 bridgehead atoms. The lowest BCUT2D eigenvalue weighted by Crippen LogP contribution is -2.25. The Hall–Kier alpha value is -2.55. The monoisotopic (exact) mass is 463 g/mol. The van der Waals surface area contributed by atoms with Crippen molar-refractivity contribution in [1.29, 1.82) is 0 Å². The molecule has 0 spiro atoms. The summed E-state index contributed by atoms with van der Waals surface area (Å²) < 4.78 is 1.74. The third-order valence-electron chi connectivity index (χ3n) is 4.20. The Balaban J connectivity index is 1.54. The summed E-state index contributed by atoms with van der Waals surface area (Å²) in [6.45, 7) is 2.11. The predicted octanol–water partition coefficient (Wildman–Crippen LogP) is 4.09. The molecule has 2 aromatic carbocycles. The lowest BCUT2D eigenvalue weighted by Gasteiger charge is -2.08. The molecule has 0 fully saturated rings. The molecule has 0 saturated carbocycles. The SMILES string of the molecule is Cc1ccccc1C(=O)NCc1nnc(SCC(=O)Nc2cc(Cl)cc(Cl)c2)n1C. The lowest BCUT2D eigenvalue weighted by molar-refractivity contribution is -0.113. The molecule has 0 unspecified atom stereocenters. The van der Waals surface area contributed by atoms with Gasteiger partial charge in [-0.15, -0.1) is 10.2 Å². The van der Waals surface area contributed by atoms with Crippen LogP contribution < -0.4 is 10.6 Å². The second kappa shape index (κ2) is 9.97. The first-order valence-electron chi connectivity index (χ1n) is 8.94. The number of hydrogen-bond donors (Lipinski definition) is 2. The molecule has 30 heavy (non-hydrogen) atoms. The van der Waals surface area contributed by atoms with Gasteiger partial charge in [0.1, 0.15) is 0 Å². The Kier molecular flexibility index (Phi) is 7.36. The van der Waals surface area contributed by atoms with E-state index in [2.05, 4.69) is 20.8 Å². The zero-order chi connectivity index (χ0) is 21.7. The summed E-state index contributed by atoms with van der Waals surface area (Å²) in [4.78, 5) is 24.5. The Morgan fingerprint density at radius 2 is 1.80 bits per heavy atom. The highest BCUT2D eigenvalue weighted by molar-refractivity contribution is 7.99. The van der Waals surface area contributed by atoms with Gasteiger partial charge in [-0.25, -0.2) is 0 Å². The van der Waals surface area contributed by atoms with E-state index in [0.29, 0.717) is 32.3 Å². The van der Waals surface area contributed by atoms with Crippen molar-refractivity contribution in [3.8, 4) is 0 Å². The predicted molar refractivity (Wildman–Crippen MR) is 119 cm³/mol. The zero-order valence-electron chi connectivity index (χ0n) is 16.3. The van der Waals surface area contributed by atoms with Crippen LogP contribution in [0.1, 0.15) is 21.7 Å². The van der Waals surface area contributed by atoms with E-state index in [-0.39, 0.29) is 24.1 Å². The van der Waals surface area contributed by atoms with Crippen LogP contribution >= 0.6 is 35.0 Å². The summed E-state index contributed by atoms with van der Waals surface area (Å²) >= 11 is 13.1. The van der Waals surface area contributed by atoms with Crippen LogP contribution in [0.25, 0.3) is 0 Å². The van der Waals surface area contributed by atoms with Gasteiger partial charge in [-0.2, -0.15) is 0 Å². The normalized spacial score (nSPS) is 10.7. The molecule has 1 heterocycles. The van der Waals surface area contributed by atoms with E-state index in [4.69, 9.17) is 23.2 Å². The van der Waals surface area contributed by atoms with Crippen molar-refractivity contribution in [2.75, 3.05) is 11.1 Å². The first-order chi connectivity index (χ1) is 14.3. The zero-order valence-corrected chi connectivity index (χ0v) is 18.6. The van der Waals surface area contributed by atoms with E-state index in [1.165, 1.54) is 11.8 Å². The fourth-order valence-corrected chi connectivity index (χ4v) is 3.92. The molecule has 3 aromatic rings. The molecule has 0 aliphatic rings. The number of carbonyl (C=O) groups is 2. The second-order valence-electron chi connectivity index (χ2n) is 6.45. The summed E-state index contributed by atoms with van der Waals surface area (Å²) in [6, 6.07) is 12.2. The molecule has 0 aliphatic carbocycles. The van der Waals surface area contributed by atoms with Crippen LogP contribution in [0, 0.1) is 6.92 Å². The number of nitrogens with zero attached hydrogens (tertiary/aromatic N) is 3. The molecule has 0 aliphatic heterocycles. The quantitative estimate of drug-likeness (QED) is 0.515. The average Bonchev–Trinajstić information content (AvgIpc) is 3.03. The summed E-state index contributed by atoms with van der Waals surface area (Å²) in [5.41, 5.74) is 2.04. The minimum Gasteiger partial charge on any atom is -0.345 e. The number of nitrogens with one attached hydrogen (secondary N) is 2. The van der Waals surface area contributed by atoms with Gasteiger partial charge in [0.2, 0.25) is 5.91 Å². The molecule has 156 valence electrons. The van der Waals surface area contributed by atoms with Gasteiger partial charge < -0.3 is 15.2 Å². The summed E-state index contributed by atoms with van der Waals surface area (Å²) in [7, 11) is 1.78. The van der Waals surface area contributed by atoms with E-state index in [0.717, 1.165) is 5.56 Å². The lowest BCUT2D eigenvalue weighted by atomic mass is 10.1. The van der Waals surface area contributed by atoms with Gasteiger partial charge in [0.05, 0.1) is 12.3 Å². The number of aryl methyl sites for hydroxylation is 1. The third-order valence-corrected chi connectivity index (χ3v) is 5.66. The maximum Gasteiger partial charge on any atom is 0.251 e. The second-order valence-corrected chi connectivity index (χ2v) is 8.27. The van der Waals surface area contributed by atoms with Gasteiger partial charge in [-0.05, 0) is 36.8 Å². The van der Waals surface area contributed by atoms with E-state index in [1.807, 2.05) is 25.1 Å². The number of aromatic nitrogens is 3. The summed E-state index contributed by atoms with van der Waals surface area (Å²) in [5, 5.41) is 15.2. The minimum absolute atomic E-state index is 0.131. The van der Waals surface area contributed by atoms with Crippen LogP contribution in [0.5, 0.6) is 0 Å². The van der Waals surface area contributed by atoms with Crippen LogP contribution in [0.15, 0.2) is 47.6 Å². The highest BCUT2D eigenvalue weighted by Gasteiger charge is 2.14. The molecule has 10 heteroatoms. The maximum absolute atomic E-state index is 12.3. The number of amides is 2. The van der Waals surface area contributed by atoms with Crippen molar-refractivity contribution in [2.45, 2.75) is 18.6 Å². The Labute approximate surface area is 188 Å². The third kappa shape index (κ3) is 5.75. The van der Waals surface area contributed by atoms with E-state index in [9.17, 15) is 9.59 Å². The van der Waals surface area contributed by atoms with Crippen molar-refractivity contribution in [3.63, 3.8) is 0 Å². The summed E-state index contributed by atoms with van der Waals surface area (Å²) in [5.74, 6) is 0.313. The fourth-order valence-electron chi connectivity index (χ4n) is 2.66. The molecule has 2 N–H and O–H groups in total. The largest absolute Gasteiger partial charge is 0.345 e. The van der Waals surface area contributed by atoms with E-state index >= 15 is 0 Å². The number of rotatable bonds is 7. The van der Waals surface area contributed by atoms with Crippen LogP contribution in [-0.2, 0) is 18.4 Å². The first kappa shape index (κ1) is 22.1. The molecular weight excluding hydrogens is 445 g/mol. The van der Waals surface area contributed by atoms with Crippen molar-refractivity contribution in [1.82, 2.24) is 20.1 Å². The van der Waals surface area contributed by atoms with E-state index < -0.39 is 0 Å². The van der Waals surface area contributed by atoms with E-state index in [1.54, 1.807) is 35.9 Å². The molecule has 0 radical (unpaired) electrons.